The number of allylic oxidation sites excluding steroid dienone is 3. The zero-order valence-corrected chi connectivity index (χ0v) is 14.6. The average molecular weight is 329 g/mol. The third kappa shape index (κ3) is 2.56. The minimum absolute atomic E-state index is 0.103. The minimum Gasteiger partial charge on any atom is -0.463 e. The maximum Gasteiger partial charge on any atom is 0.336 e. The van der Waals surface area contributed by atoms with Gasteiger partial charge in [0.15, 0.2) is 5.78 Å². The van der Waals surface area contributed by atoms with Gasteiger partial charge < -0.3 is 10.1 Å². The van der Waals surface area contributed by atoms with E-state index in [1.54, 1.807) is 17.8 Å². The Morgan fingerprint density at radius 2 is 2.17 bits per heavy atom. The molecule has 0 radical (unpaired) electrons. The molecule has 128 valence electrons. The van der Waals surface area contributed by atoms with E-state index in [2.05, 4.69) is 10.4 Å². The second kappa shape index (κ2) is 6.26. The number of nitrogens with one attached hydrogen (secondary N) is 1. The van der Waals surface area contributed by atoms with E-state index in [4.69, 9.17) is 4.74 Å². The zero-order valence-electron chi connectivity index (χ0n) is 14.6. The maximum atomic E-state index is 12.7. The first kappa shape index (κ1) is 16.5. The Morgan fingerprint density at radius 1 is 1.42 bits per heavy atom. The lowest BCUT2D eigenvalue weighted by molar-refractivity contribution is -0.138. The van der Waals surface area contributed by atoms with E-state index in [1.165, 1.54) is 0 Å². The van der Waals surface area contributed by atoms with Crippen LogP contribution in [0.1, 0.15) is 50.3 Å². The van der Waals surface area contributed by atoms with Crippen molar-refractivity contribution in [3.8, 4) is 0 Å². The van der Waals surface area contributed by atoms with Gasteiger partial charge in [-0.2, -0.15) is 5.10 Å². The molecule has 6 heteroatoms. The highest BCUT2D eigenvalue weighted by molar-refractivity contribution is 6.03. The van der Waals surface area contributed by atoms with Gasteiger partial charge in [0.2, 0.25) is 0 Å². The quantitative estimate of drug-likeness (QED) is 0.861. The molecule has 1 aliphatic carbocycles. The molecule has 0 unspecified atom stereocenters. The van der Waals surface area contributed by atoms with Gasteiger partial charge in [-0.05, 0) is 33.6 Å². The van der Waals surface area contributed by atoms with Crippen LogP contribution in [0.4, 0.5) is 0 Å². The number of esters is 1. The standard InChI is InChI=1S/C18H23N3O3/c1-5-24-18(23)15-10(2)20-13-7-6-8-14(22)17(13)16(15)12-9-19-21(4)11(12)3/h9,16,20H,5-8H2,1-4H3/t16-/m0/s1. The van der Waals surface area contributed by atoms with Gasteiger partial charge in [-0.3, -0.25) is 9.48 Å². The summed E-state index contributed by atoms with van der Waals surface area (Å²) in [4.78, 5) is 25.3. The van der Waals surface area contributed by atoms with Crippen LogP contribution in [0.15, 0.2) is 28.7 Å². The van der Waals surface area contributed by atoms with E-state index in [9.17, 15) is 9.59 Å². The smallest absolute Gasteiger partial charge is 0.336 e. The number of ketones is 1. The average Bonchev–Trinajstić information content (AvgIpc) is 2.86. The van der Waals surface area contributed by atoms with Crippen LogP contribution in [0.3, 0.4) is 0 Å². The van der Waals surface area contributed by atoms with Gasteiger partial charge in [0.05, 0.1) is 24.3 Å². The summed E-state index contributed by atoms with van der Waals surface area (Å²) in [7, 11) is 1.86. The van der Waals surface area contributed by atoms with Crippen molar-refractivity contribution in [2.75, 3.05) is 6.61 Å². The summed E-state index contributed by atoms with van der Waals surface area (Å²) in [6.45, 7) is 5.91. The molecule has 1 aromatic heterocycles. The summed E-state index contributed by atoms with van der Waals surface area (Å²) in [5, 5.41) is 7.58. The van der Waals surface area contributed by atoms with Gasteiger partial charge in [0, 0.05) is 41.7 Å². The lowest BCUT2D eigenvalue weighted by atomic mass is 9.75. The van der Waals surface area contributed by atoms with Crippen molar-refractivity contribution in [2.24, 2.45) is 7.05 Å². The van der Waals surface area contributed by atoms with Crippen molar-refractivity contribution in [1.82, 2.24) is 15.1 Å². The van der Waals surface area contributed by atoms with Crippen LogP contribution in [0.5, 0.6) is 0 Å². The van der Waals surface area contributed by atoms with Crippen LogP contribution in [-0.2, 0) is 21.4 Å². The fourth-order valence-corrected chi connectivity index (χ4v) is 3.57. The summed E-state index contributed by atoms with van der Waals surface area (Å²) in [5.41, 5.74) is 4.75. The molecule has 0 aromatic carbocycles. The monoisotopic (exact) mass is 329 g/mol. The van der Waals surface area contributed by atoms with Gasteiger partial charge in [-0.15, -0.1) is 0 Å². The third-order valence-corrected chi connectivity index (χ3v) is 4.86. The van der Waals surface area contributed by atoms with E-state index >= 15 is 0 Å². The highest BCUT2D eigenvalue weighted by atomic mass is 16.5. The first-order valence-electron chi connectivity index (χ1n) is 8.35. The van der Waals surface area contributed by atoms with E-state index < -0.39 is 5.92 Å². The molecule has 1 aromatic rings. The first-order chi connectivity index (χ1) is 11.5. The van der Waals surface area contributed by atoms with Crippen molar-refractivity contribution >= 4 is 11.8 Å². The maximum absolute atomic E-state index is 12.7. The number of Topliss-reactive ketones (excluding diaryl/α,β-unsaturated/α-hetero) is 1. The number of aromatic nitrogens is 2. The molecule has 3 rings (SSSR count). The lowest BCUT2D eigenvalue weighted by Crippen LogP contribution is -2.34. The van der Waals surface area contributed by atoms with Gasteiger partial charge in [0.1, 0.15) is 0 Å². The number of hydrogen-bond acceptors (Lipinski definition) is 5. The number of aryl methyl sites for hydroxylation is 1. The number of carbonyl (C=O) groups excluding carboxylic acids is 2. The van der Waals surface area contributed by atoms with Crippen LogP contribution in [0.2, 0.25) is 0 Å². The lowest BCUT2D eigenvalue weighted by Gasteiger charge is -2.33. The van der Waals surface area contributed by atoms with Crippen LogP contribution < -0.4 is 5.32 Å². The van der Waals surface area contributed by atoms with Gasteiger partial charge >= 0.3 is 5.97 Å². The Hall–Kier alpha value is -2.37. The Labute approximate surface area is 141 Å². The second-order valence-corrected chi connectivity index (χ2v) is 6.30. The summed E-state index contributed by atoms with van der Waals surface area (Å²) >= 11 is 0. The van der Waals surface area contributed by atoms with E-state index in [-0.39, 0.29) is 11.8 Å². The number of ether oxygens (including phenoxy) is 1. The Kier molecular flexibility index (Phi) is 4.30. The first-order valence-corrected chi connectivity index (χ1v) is 8.35. The molecule has 0 bridgehead atoms. The predicted molar refractivity (Wildman–Crippen MR) is 89.0 cm³/mol. The summed E-state index contributed by atoms with van der Waals surface area (Å²) in [6.07, 6.45) is 3.94. The largest absolute Gasteiger partial charge is 0.463 e. The molecule has 1 N–H and O–H groups in total. The number of dihydropyridines is 1. The molecule has 6 nitrogen and oxygen atoms in total. The van der Waals surface area contributed by atoms with Crippen molar-refractivity contribution in [1.29, 1.82) is 0 Å². The van der Waals surface area contributed by atoms with Gasteiger partial charge in [0.25, 0.3) is 0 Å². The molecule has 1 aliphatic heterocycles. The fourth-order valence-electron chi connectivity index (χ4n) is 3.57. The van der Waals surface area contributed by atoms with Crippen molar-refractivity contribution in [3.63, 3.8) is 0 Å². The van der Waals surface area contributed by atoms with Gasteiger partial charge in [-0.1, -0.05) is 0 Å². The van der Waals surface area contributed by atoms with Crippen molar-refractivity contribution in [3.05, 3.63) is 40.0 Å². The molecule has 0 fully saturated rings. The third-order valence-electron chi connectivity index (χ3n) is 4.86. The predicted octanol–water partition coefficient (Wildman–Crippen LogP) is 2.26. The topological polar surface area (TPSA) is 73.2 Å². The van der Waals surface area contributed by atoms with E-state index in [0.29, 0.717) is 24.2 Å². The second-order valence-electron chi connectivity index (χ2n) is 6.30. The molecular weight excluding hydrogens is 306 g/mol. The molecule has 24 heavy (non-hydrogen) atoms. The molecule has 0 amide bonds. The Bertz CT molecular complexity index is 770. The molecule has 0 spiro atoms. The number of nitrogens with zero attached hydrogens (tertiary/aromatic N) is 2. The summed E-state index contributed by atoms with van der Waals surface area (Å²) < 4.78 is 7.03. The van der Waals surface area contributed by atoms with E-state index in [1.807, 2.05) is 20.9 Å². The number of hydrogen-bond donors (Lipinski definition) is 1. The zero-order chi connectivity index (χ0) is 17.4. The van der Waals surface area contributed by atoms with Crippen molar-refractivity contribution < 1.29 is 14.3 Å². The van der Waals surface area contributed by atoms with Crippen molar-refractivity contribution in [2.45, 2.75) is 46.0 Å². The fraction of sp³-hybridized carbons (Fsp3) is 0.500. The number of carbonyl (C=O) groups is 2. The molecule has 0 saturated carbocycles. The summed E-state index contributed by atoms with van der Waals surface area (Å²) in [6, 6.07) is 0. The van der Waals surface area contributed by atoms with E-state index in [0.717, 1.165) is 35.5 Å². The molecule has 1 atom stereocenters. The summed E-state index contributed by atoms with van der Waals surface area (Å²) in [5.74, 6) is -0.672. The molecule has 2 aliphatic rings. The van der Waals surface area contributed by atoms with Crippen LogP contribution in [0.25, 0.3) is 0 Å². The SMILES string of the molecule is CCOC(=O)C1=C(C)NC2=C(C(=O)CCC2)[C@H]1c1cnn(C)c1C. The van der Waals surface area contributed by atoms with Crippen LogP contribution in [-0.4, -0.2) is 28.1 Å². The van der Waals surface area contributed by atoms with Crippen LogP contribution >= 0.6 is 0 Å². The van der Waals surface area contributed by atoms with Gasteiger partial charge in [-0.25, -0.2) is 4.79 Å². The molecule has 2 heterocycles. The minimum atomic E-state index is -0.401. The normalized spacial score (nSPS) is 20.8. The molecule has 0 saturated heterocycles. The number of rotatable bonds is 3. The highest BCUT2D eigenvalue weighted by Crippen LogP contribution is 2.43. The highest BCUT2D eigenvalue weighted by Gasteiger charge is 2.40. The van der Waals surface area contributed by atoms with Crippen LogP contribution in [0, 0.1) is 6.92 Å². The Morgan fingerprint density at radius 3 is 2.79 bits per heavy atom. The Balaban J connectivity index is 2.19. The molecular formula is C18H23N3O3.